The SMILES string of the molecule is CCCCC(=O)[O-].C[N+](C)(C)Cc1ccccc1. The second-order valence-corrected chi connectivity index (χ2v) is 5.41. The third-order valence-corrected chi connectivity index (χ3v) is 2.23. The van der Waals surface area contributed by atoms with Crippen LogP contribution in [0.5, 0.6) is 0 Å². The smallest absolute Gasteiger partial charge is 0.104 e. The Kier molecular flexibility index (Phi) is 8.05. The lowest BCUT2D eigenvalue weighted by molar-refractivity contribution is -0.884. The van der Waals surface area contributed by atoms with E-state index in [4.69, 9.17) is 0 Å². The molecular formula is C15H25NO2. The summed E-state index contributed by atoms with van der Waals surface area (Å²) in [7, 11) is 6.60. The maximum absolute atomic E-state index is 9.65. The third-order valence-electron chi connectivity index (χ3n) is 2.23. The van der Waals surface area contributed by atoms with Crippen molar-refractivity contribution in [3.05, 3.63) is 35.9 Å². The summed E-state index contributed by atoms with van der Waals surface area (Å²) in [6, 6.07) is 10.6. The molecule has 18 heavy (non-hydrogen) atoms. The van der Waals surface area contributed by atoms with Gasteiger partial charge in [-0.1, -0.05) is 43.7 Å². The zero-order chi connectivity index (χ0) is 14.0. The molecule has 102 valence electrons. The molecule has 0 atom stereocenters. The van der Waals surface area contributed by atoms with Crippen LogP contribution in [-0.4, -0.2) is 31.6 Å². The van der Waals surface area contributed by atoms with E-state index in [2.05, 4.69) is 51.5 Å². The maximum atomic E-state index is 9.65. The Balaban J connectivity index is 0.000000360. The van der Waals surface area contributed by atoms with Crippen molar-refractivity contribution in [2.45, 2.75) is 32.7 Å². The fraction of sp³-hybridized carbons (Fsp3) is 0.533. The van der Waals surface area contributed by atoms with Crippen molar-refractivity contribution in [1.82, 2.24) is 0 Å². The summed E-state index contributed by atoms with van der Waals surface area (Å²) < 4.78 is 0.990. The standard InChI is InChI=1S/C10H16N.C5H10O2/c1-11(2,3)9-10-7-5-4-6-8-10;1-2-3-4-5(6)7/h4-8H,9H2,1-3H3;2-4H2,1H3,(H,6,7)/q+1;/p-1. The molecule has 0 fully saturated rings. The van der Waals surface area contributed by atoms with Gasteiger partial charge in [0.15, 0.2) is 0 Å². The first-order chi connectivity index (χ1) is 8.35. The number of rotatable bonds is 5. The molecule has 0 aliphatic rings. The molecule has 0 saturated heterocycles. The summed E-state index contributed by atoms with van der Waals surface area (Å²) in [5.74, 6) is -0.943. The lowest BCUT2D eigenvalue weighted by Crippen LogP contribution is -2.33. The molecule has 0 radical (unpaired) electrons. The van der Waals surface area contributed by atoms with Crippen LogP contribution in [0.2, 0.25) is 0 Å². The fourth-order valence-electron chi connectivity index (χ4n) is 1.45. The Bertz CT molecular complexity index is 328. The van der Waals surface area contributed by atoms with Gasteiger partial charge in [-0.25, -0.2) is 0 Å². The lowest BCUT2D eigenvalue weighted by Gasteiger charge is -2.23. The fourth-order valence-corrected chi connectivity index (χ4v) is 1.45. The minimum atomic E-state index is -0.943. The van der Waals surface area contributed by atoms with Crippen LogP contribution in [0.4, 0.5) is 0 Å². The molecule has 3 heteroatoms. The molecule has 1 rings (SSSR count). The van der Waals surface area contributed by atoms with Crippen molar-refractivity contribution >= 4 is 5.97 Å². The van der Waals surface area contributed by atoms with E-state index in [1.54, 1.807) is 0 Å². The van der Waals surface area contributed by atoms with Crippen molar-refractivity contribution in [1.29, 1.82) is 0 Å². The molecule has 1 aromatic rings. The number of unbranched alkanes of at least 4 members (excludes halogenated alkanes) is 1. The van der Waals surface area contributed by atoms with Crippen LogP contribution in [0.15, 0.2) is 30.3 Å². The summed E-state index contributed by atoms with van der Waals surface area (Å²) in [6.07, 6.45) is 1.87. The second kappa shape index (κ2) is 8.70. The van der Waals surface area contributed by atoms with E-state index in [9.17, 15) is 9.90 Å². The summed E-state index contributed by atoms with van der Waals surface area (Å²) in [5.41, 5.74) is 1.40. The van der Waals surface area contributed by atoms with Crippen molar-refractivity contribution in [3.8, 4) is 0 Å². The van der Waals surface area contributed by atoms with Gasteiger partial charge < -0.3 is 14.4 Å². The minimum absolute atomic E-state index is 0.205. The van der Waals surface area contributed by atoms with Crippen molar-refractivity contribution in [3.63, 3.8) is 0 Å². The number of aliphatic carboxylic acids is 1. The first-order valence-electron chi connectivity index (χ1n) is 6.39. The van der Waals surface area contributed by atoms with Gasteiger partial charge in [-0.3, -0.25) is 0 Å². The van der Waals surface area contributed by atoms with Gasteiger partial charge in [0, 0.05) is 11.5 Å². The van der Waals surface area contributed by atoms with Crippen LogP contribution >= 0.6 is 0 Å². The number of carboxylic acids is 1. The van der Waals surface area contributed by atoms with Gasteiger partial charge >= 0.3 is 0 Å². The van der Waals surface area contributed by atoms with Crippen LogP contribution < -0.4 is 5.11 Å². The number of hydrogen-bond acceptors (Lipinski definition) is 2. The number of nitrogens with zero attached hydrogens (tertiary/aromatic N) is 1. The van der Waals surface area contributed by atoms with Crippen molar-refractivity contribution < 1.29 is 14.4 Å². The van der Waals surface area contributed by atoms with Crippen LogP contribution in [-0.2, 0) is 11.3 Å². The predicted octanol–water partition coefficient (Wildman–Crippen LogP) is 1.82. The van der Waals surface area contributed by atoms with Crippen LogP contribution in [0.25, 0.3) is 0 Å². The molecule has 0 saturated carbocycles. The average Bonchev–Trinajstić information content (AvgIpc) is 2.26. The van der Waals surface area contributed by atoms with E-state index in [0.29, 0.717) is 0 Å². The Morgan fingerprint density at radius 1 is 1.17 bits per heavy atom. The van der Waals surface area contributed by atoms with Gasteiger partial charge in [0.05, 0.1) is 21.1 Å². The highest BCUT2D eigenvalue weighted by Crippen LogP contribution is 2.05. The number of benzene rings is 1. The second-order valence-electron chi connectivity index (χ2n) is 5.41. The maximum Gasteiger partial charge on any atom is 0.104 e. The van der Waals surface area contributed by atoms with Crippen LogP contribution in [0, 0.1) is 0 Å². The highest BCUT2D eigenvalue weighted by Gasteiger charge is 2.06. The van der Waals surface area contributed by atoms with Gasteiger partial charge in [-0.2, -0.15) is 0 Å². The topological polar surface area (TPSA) is 40.1 Å². The zero-order valence-electron chi connectivity index (χ0n) is 12.0. The highest BCUT2D eigenvalue weighted by atomic mass is 16.4. The summed E-state index contributed by atoms with van der Waals surface area (Å²) in [5, 5.41) is 9.65. The van der Waals surface area contributed by atoms with Crippen LogP contribution in [0.1, 0.15) is 31.7 Å². The molecule has 0 amide bonds. The van der Waals surface area contributed by atoms with E-state index in [1.807, 2.05) is 6.92 Å². The molecular weight excluding hydrogens is 226 g/mol. The third kappa shape index (κ3) is 11.1. The largest absolute Gasteiger partial charge is 0.550 e. The molecule has 0 unspecified atom stereocenters. The Hall–Kier alpha value is -1.35. The molecule has 1 aromatic carbocycles. The van der Waals surface area contributed by atoms with E-state index in [-0.39, 0.29) is 6.42 Å². The zero-order valence-corrected chi connectivity index (χ0v) is 12.0. The molecule has 3 nitrogen and oxygen atoms in total. The normalized spacial score (nSPS) is 10.4. The molecule has 0 heterocycles. The summed E-state index contributed by atoms with van der Waals surface area (Å²) >= 11 is 0. The average molecular weight is 251 g/mol. The number of hydrogen-bond donors (Lipinski definition) is 0. The van der Waals surface area contributed by atoms with E-state index in [0.717, 1.165) is 23.9 Å². The number of carbonyl (C=O) groups is 1. The molecule has 0 aliphatic carbocycles. The molecule has 0 aliphatic heterocycles. The Labute approximate surface area is 111 Å². The summed E-state index contributed by atoms with van der Waals surface area (Å²) in [4.78, 5) is 9.65. The first kappa shape index (κ1) is 16.6. The van der Waals surface area contributed by atoms with Crippen molar-refractivity contribution in [2.24, 2.45) is 0 Å². The Morgan fingerprint density at radius 2 is 1.72 bits per heavy atom. The van der Waals surface area contributed by atoms with E-state index < -0.39 is 5.97 Å². The monoisotopic (exact) mass is 251 g/mol. The summed E-state index contributed by atoms with van der Waals surface area (Å²) in [6.45, 7) is 3.05. The van der Waals surface area contributed by atoms with Crippen LogP contribution in [0.3, 0.4) is 0 Å². The molecule has 0 N–H and O–H groups in total. The molecule has 0 spiro atoms. The Morgan fingerprint density at radius 3 is 2.06 bits per heavy atom. The molecule has 0 bridgehead atoms. The highest BCUT2D eigenvalue weighted by molar-refractivity contribution is 5.63. The minimum Gasteiger partial charge on any atom is -0.550 e. The quantitative estimate of drug-likeness (QED) is 0.749. The van der Waals surface area contributed by atoms with Gasteiger partial charge in [-0.15, -0.1) is 0 Å². The number of quaternary nitrogens is 1. The lowest BCUT2D eigenvalue weighted by atomic mass is 10.2. The molecule has 0 aromatic heterocycles. The van der Waals surface area contributed by atoms with Gasteiger partial charge in [0.25, 0.3) is 0 Å². The van der Waals surface area contributed by atoms with Gasteiger partial charge in [0.1, 0.15) is 6.54 Å². The predicted molar refractivity (Wildman–Crippen MR) is 72.7 cm³/mol. The van der Waals surface area contributed by atoms with E-state index >= 15 is 0 Å². The van der Waals surface area contributed by atoms with E-state index in [1.165, 1.54) is 5.56 Å². The first-order valence-corrected chi connectivity index (χ1v) is 6.39. The number of carbonyl (C=O) groups excluding carboxylic acids is 1. The van der Waals surface area contributed by atoms with Gasteiger partial charge in [-0.05, 0) is 12.8 Å². The van der Waals surface area contributed by atoms with Gasteiger partial charge in [0.2, 0.25) is 0 Å². The number of carboxylic acid groups (broad SMARTS) is 1. The van der Waals surface area contributed by atoms with Crippen molar-refractivity contribution in [2.75, 3.05) is 21.1 Å².